The number of amides is 2. The van der Waals surface area contributed by atoms with E-state index >= 15 is 0 Å². The van der Waals surface area contributed by atoms with Gasteiger partial charge < -0.3 is 15.7 Å². The van der Waals surface area contributed by atoms with Gasteiger partial charge in [-0.15, -0.1) is 0 Å². The molecule has 0 aromatic carbocycles. The van der Waals surface area contributed by atoms with Gasteiger partial charge >= 0.3 is 6.03 Å². The summed E-state index contributed by atoms with van der Waals surface area (Å²) < 4.78 is 0. The predicted molar refractivity (Wildman–Crippen MR) is 82.1 cm³/mol. The van der Waals surface area contributed by atoms with E-state index in [1.807, 2.05) is 0 Å². The van der Waals surface area contributed by atoms with Gasteiger partial charge in [0.25, 0.3) is 0 Å². The number of hydrogen-bond donors (Lipinski definition) is 3. The maximum atomic E-state index is 11.8. The molecule has 1 aliphatic carbocycles. The number of aliphatic hydroxyl groups is 1. The number of nitrogens with zero attached hydrogens (tertiary/aromatic N) is 1. The first-order valence-electron chi connectivity index (χ1n) is 7.42. The third-order valence-electron chi connectivity index (χ3n) is 3.83. The standard InChI is InChI=1S/C15H22ClN3O2/c16-12-5-6-13(17-9-12)10-18-14(20)19-11-15(21)7-3-1-2-4-8-15/h5-6,9,21H,1-4,7-8,10-11H2,(H2,18,19,20). The summed E-state index contributed by atoms with van der Waals surface area (Å²) in [4.78, 5) is 15.9. The molecule has 116 valence electrons. The summed E-state index contributed by atoms with van der Waals surface area (Å²) in [5.41, 5.74) is -0.0189. The van der Waals surface area contributed by atoms with E-state index in [2.05, 4.69) is 15.6 Å². The average Bonchev–Trinajstić information content (AvgIpc) is 2.70. The molecule has 0 saturated heterocycles. The molecule has 1 aliphatic rings. The van der Waals surface area contributed by atoms with Crippen LogP contribution in [0.25, 0.3) is 0 Å². The molecule has 21 heavy (non-hydrogen) atoms. The number of rotatable bonds is 4. The van der Waals surface area contributed by atoms with Crippen molar-refractivity contribution in [3.8, 4) is 0 Å². The highest BCUT2D eigenvalue weighted by Crippen LogP contribution is 2.26. The minimum absolute atomic E-state index is 0.288. The molecule has 1 aromatic heterocycles. The van der Waals surface area contributed by atoms with Crippen LogP contribution in [-0.4, -0.2) is 28.3 Å². The zero-order valence-electron chi connectivity index (χ0n) is 12.1. The van der Waals surface area contributed by atoms with E-state index in [1.165, 1.54) is 0 Å². The fourth-order valence-corrected chi connectivity index (χ4v) is 2.66. The zero-order chi connectivity index (χ0) is 15.1. The lowest BCUT2D eigenvalue weighted by Gasteiger charge is -2.26. The Kier molecular flexibility index (Phi) is 5.82. The number of pyridine rings is 1. The molecule has 0 radical (unpaired) electrons. The zero-order valence-corrected chi connectivity index (χ0v) is 12.8. The molecule has 1 fully saturated rings. The topological polar surface area (TPSA) is 74.2 Å². The van der Waals surface area contributed by atoms with E-state index in [4.69, 9.17) is 11.6 Å². The van der Waals surface area contributed by atoms with Crippen LogP contribution in [0.3, 0.4) is 0 Å². The van der Waals surface area contributed by atoms with Crippen LogP contribution >= 0.6 is 11.6 Å². The fourth-order valence-electron chi connectivity index (χ4n) is 2.55. The van der Waals surface area contributed by atoms with Gasteiger partial charge in [-0.3, -0.25) is 4.98 Å². The summed E-state index contributed by atoms with van der Waals surface area (Å²) in [6.45, 7) is 0.633. The molecule has 2 amide bonds. The number of halogens is 1. The molecule has 0 bridgehead atoms. The minimum Gasteiger partial charge on any atom is -0.388 e. The summed E-state index contributed by atoms with van der Waals surface area (Å²) in [6, 6.07) is 3.21. The molecule has 0 spiro atoms. The molecule has 0 atom stereocenters. The molecule has 3 N–H and O–H groups in total. The van der Waals surface area contributed by atoms with Crippen LogP contribution in [0.2, 0.25) is 5.02 Å². The largest absolute Gasteiger partial charge is 0.388 e. The normalized spacial score (nSPS) is 17.8. The smallest absolute Gasteiger partial charge is 0.315 e. The van der Waals surface area contributed by atoms with Gasteiger partial charge in [-0.25, -0.2) is 4.79 Å². The number of carbonyl (C=O) groups excluding carboxylic acids is 1. The lowest BCUT2D eigenvalue weighted by molar-refractivity contribution is 0.0276. The van der Waals surface area contributed by atoms with Gasteiger partial charge in [-0.1, -0.05) is 37.3 Å². The molecular weight excluding hydrogens is 290 g/mol. The lowest BCUT2D eigenvalue weighted by atomic mass is 9.95. The Labute approximate surface area is 130 Å². The maximum Gasteiger partial charge on any atom is 0.315 e. The first-order valence-corrected chi connectivity index (χ1v) is 7.80. The first kappa shape index (κ1) is 16.0. The molecule has 1 aromatic rings. The van der Waals surface area contributed by atoms with Crippen molar-refractivity contribution in [2.45, 2.75) is 50.7 Å². The monoisotopic (exact) mass is 311 g/mol. The van der Waals surface area contributed by atoms with Crippen molar-refractivity contribution in [3.63, 3.8) is 0 Å². The van der Waals surface area contributed by atoms with Crippen LogP contribution in [0.4, 0.5) is 4.79 Å². The van der Waals surface area contributed by atoms with Crippen LogP contribution in [0.15, 0.2) is 18.3 Å². The number of nitrogens with one attached hydrogen (secondary N) is 2. The Morgan fingerprint density at radius 3 is 2.57 bits per heavy atom. The minimum atomic E-state index is -0.758. The van der Waals surface area contributed by atoms with Crippen molar-refractivity contribution < 1.29 is 9.90 Å². The summed E-state index contributed by atoms with van der Waals surface area (Å²) in [5.74, 6) is 0. The highest BCUT2D eigenvalue weighted by molar-refractivity contribution is 6.30. The highest BCUT2D eigenvalue weighted by Gasteiger charge is 2.28. The lowest BCUT2D eigenvalue weighted by Crippen LogP contribution is -2.46. The van der Waals surface area contributed by atoms with Crippen molar-refractivity contribution in [3.05, 3.63) is 29.0 Å². The quantitative estimate of drug-likeness (QED) is 0.748. The Morgan fingerprint density at radius 2 is 1.95 bits per heavy atom. The van der Waals surface area contributed by atoms with Gasteiger partial charge in [0.05, 0.1) is 22.9 Å². The van der Waals surface area contributed by atoms with Crippen LogP contribution in [0.1, 0.15) is 44.2 Å². The van der Waals surface area contributed by atoms with E-state index in [0.29, 0.717) is 18.1 Å². The fraction of sp³-hybridized carbons (Fsp3) is 0.600. The second-order valence-corrected chi connectivity index (χ2v) is 6.08. The van der Waals surface area contributed by atoms with Crippen molar-refractivity contribution >= 4 is 17.6 Å². The van der Waals surface area contributed by atoms with E-state index < -0.39 is 5.60 Å². The molecule has 6 heteroatoms. The summed E-state index contributed by atoms with van der Waals surface area (Å²) in [6.07, 6.45) is 7.43. The summed E-state index contributed by atoms with van der Waals surface area (Å²) >= 11 is 5.75. The van der Waals surface area contributed by atoms with Gasteiger partial charge in [0.1, 0.15) is 0 Å². The number of urea groups is 1. The maximum absolute atomic E-state index is 11.8. The van der Waals surface area contributed by atoms with E-state index in [-0.39, 0.29) is 6.03 Å². The average molecular weight is 312 g/mol. The number of carbonyl (C=O) groups is 1. The Hall–Kier alpha value is -1.33. The van der Waals surface area contributed by atoms with Gasteiger partial charge in [0.2, 0.25) is 0 Å². The highest BCUT2D eigenvalue weighted by atomic mass is 35.5. The van der Waals surface area contributed by atoms with Crippen LogP contribution in [-0.2, 0) is 6.54 Å². The first-order chi connectivity index (χ1) is 10.1. The third kappa shape index (κ3) is 5.52. The molecule has 5 nitrogen and oxygen atoms in total. The van der Waals surface area contributed by atoms with E-state index in [1.54, 1.807) is 18.3 Å². The van der Waals surface area contributed by atoms with Gasteiger partial charge in [0.15, 0.2) is 0 Å². The summed E-state index contributed by atoms with van der Waals surface area (Å²) in [7, 11) is 0. The van der Waals surface area contributed by atoms with Crippen molar-refractivity contribution in [1.29, 1.82) is 0 Å². The van der Waals surface area contributed by atoms with Gasteiger partial charge in [-0.05, 0) is 25.0 Å². The van der Waals surface area contributed by atoms with Crippen molar-refractivity contribution in [2.75, 3.05) is 6.54 Å². The van der Waals surface area contributed by atoms with Crippen LogP contribution < -0.4 is 10.6 Å². The molecular formula is C15H22ClN3O2. The van der Waals surface area contributed by atoms with E-state index in [9.17, 15) is 9.90 Å². The molecule has 0 unspecified atom stereocenters. The Balaban J connectivity index is 1.72. The molecule has 1 heterocycles. The molecule has 1 saturated carbocycles. The summed E-state index contributed by atoms with van der Waals surface area (Å²) in [5, 5.41) is 16.5. The Bertz CT molecular complexity index is 456. The molecule has 2 rings (SSSR count). The second-order valence-electron chi connectivity index (χ2n) is 5.64. The van der Waals surface area contributed by atoms with Crippen molar-refractivity contribution in [2.24, 2.45) is 0 Å². The second kappa shape index (κ2) is 7.61. The number of hydrogen-bond acceptors (Lipinski definition) is 3. The van der Waals surface area contributed by atoms with Gasteiger partial charge in [0, 0.05) is 12.7 Å². The van der Waals surface area contributed by atoms with Gasteiger partial charge in [-0.2, -0.15) is 0 Å². The predicted octanol–water partition coefficient (Wildman–Crippen LogP) is 2.62. The third-order valence-corrected chi connectivity index (χ3v) is 4.05. The number of aromatic nitrogens is 1. The van der Waals surface area contributed by atoms with Crippen molar-refractivity contribution in [1.82, 2.24) is 15.6 Å². The Morgan fingerprint density at radius 1 is 1.24 bits per heavy atom. The molecule has 0 aliphatic heterocycles. The van der Waals surface area contributed by atoms with E-state index in [0.717, 1.165) is 44.2 Å². The van der Waals surface area contributed by atoms with Crippen LogP contribution in [0.5, 0.6) is 0 Å². The SMILES string of the molecule is O=C(NCc1ccc(Cl)cn1)NCC1(O)CCCCCC1. The van der Waals surface area contributed by atoms with Crippen LogP contribution in [0, 0.1) is 0 Å².